The summed E-state index contributed by atoms with van der Waals surface area (Å²) in [6.45, 7) is 0.0662. The molecule has 8 nitrogen and oxygen atoms in total. The molecule has 0 saturated carbocycles. The van der Waals surface area contributed by atoms with E-state index in [1.54, 1.807) is 18.2 Å². The summed E-state index contributed by atoms with van der Waals surface area (Å²) in [5.74, 6) is 0.0448. The molecule has 4 N–H and O–H groups in total. The fraction of sp³-hybridized carbons (Fsp3) is 0.278. The van der Waals surface area contributed by atoms with Gasteiger partial charge in [-0.25, -0.2) is 4.79 Å². The second-order valence-corrected chi connectivity index (χ2v) is 7.34. The molecular formula is C18H17N3O5S. The van der Waals surface area contributed by atoms with E-state index in [0.29, 0.717) is 22.1 Å². The van der Waals surface area contributed by atoms with Gasteiger partial charge in [-0.05, 0) is 37.0 Å². The number of aryl methyl sites for hydroxylation is 1. The van der Waals surface area contributed by atoms with E-state index < -0.39 is 23.9 Å². The number of amides is 4. The summed E-state index contributed by atoms with van der Waals surface area (Å²) in [5, 5.41) is 5.23. The first-order valence-corrected chi connectivity index (χ1v) is 9.29. The molecule has 0 fully saturated rings. The quantitative estimate of drug-likeness (QED) is 0.742. The number of carbonyl (C=O) groups excluding carboxylic acids is 3. The van der Waals surface area contributed by atoms with E-state index in [4.69, 9.17) is 15.2 Å². The summed E-state index contributed by atoms with van der Waals surface area (Å²) in [6.07, 6.45) is 1.65. The number of para-hydroxylation sites is 2. The Morgan fingerprint density at radius 1 is 1.15 bits per heavy atom. The van der Waals surface area contributed by atoms with Gasteiger partial charge in [-0.1, -0.05) is 12.1 Å². The number of thiophene rings is 1. The molecule has 9 heteroatoms. The zero-order valence-electron chi connectivity index (χ0n) is 14.2. The van der Waals surface area contributed by atoms with Gasteiger partial charge in [0.25, 0.3) is 11.8 Å². The van der Waals surface area contributed by atoms with Crippen LogP contribution in [-0.2, 0) is 17.6 Å². The molecule has 0 radical (unpaired) electrons. The van der Waals surface area contributed by atoms with E-state index in [0.717, 1.165) is 29.7 Å². The average Bonchev–Trinajstić information content (AvgIpc) is 3.21. The normalized spacial score (nSPS) is 17.1. The first kappa shape index (κ1) is 17.3. The fourth-order valence-electron chi connectivity index (χ4n) is 3.25. The monoisotopic (exact) mass is 387 g/mol. The number of imide groups is 1. The summed E-state index contributed by atoms with van der Waals surface area (Å²) in [5.41, 5.74) is 6.23. The first-order valence-electron chi connectivity index (χ1n) is 8.47. The number of fused-ring (bicyclic) bond motifs is 2. The largest absolute Gasteiger partial charge is 0.485 e. The summed E-state index contributed by atoms with van der Waals surface area (Å²) in [7, 11) is 0. The highest BCUT2D eigenvalue weighted by Crippen LogP contribution is 2.39. The van der Waals surface area contributed by atoms with Crippen molar-refractivity contribution in [3.05, 3.63) is 40.3 Å². The molecule has 0 saturated heterocycles. The molecule has 4 rings (SSSR count). The molecule has 4 amide bonds. The molecule has 0 spiro atoms. The number of urea groups is 1. The summed E-state index contributed by atoms with van der Waals surface area (Å²) in [4.78, 5) is 37.2. The van der Waals surface area contributed by atoms with Crippen molar-refractivity contribution in [1.29, 1.82) is 0 Å². The van der Waals surface area contributed by atoms with Crippen LogP contribution in [0.5, 0.6) is 11.5 Å². The van der Waals surface area contributed by atoms with Gasteiger partial charge < -0.3 is 20.5 Å². The van der Waals surface area contributed by atoms with Crippen molar-refractivity contribution in [2.45, 2.75) is 25.4 Å². The summed E-state index contributed by atoms with van der Waals surface area (Å²) >= 11 is 1.34. The molecule has 0 bridgehead atoms. The van der Waals surface area contributed by atoms with Crippen LogP contribution in [0.15, 0.2) is 24.3 Å². The number of nitrogens with two attached hydrogens (primary N) is 1. The van der Waals surface area contributed by atoms with Crippen LogP contribution >= 0.6 is 11.3 Å². The van der Waals surface area contributed by atoms with Crippen LogP contribution in [0.3, 0.4) is 0 Å². The van der Waals surface area contributed by atoms with Crippen molar-refractivity contribution >= 4 is 34.2 Å². The lowest BCUT2D eigenvalue weighted by Gasteiger charge is -2.25. The average molecular weight is 387 g/mol. The third-order valence-electron chi connectivity index (χ3n) is 4.42. The molecule has 2 heterocycles. The number of nitrogens with one attached hydrogen (secondary N) is 2. The Hall–Kier alpha value is -3.07. The topological polar surface area (TPSA) is 120 Å². The van der Waals surface area contributed by atoms with E-state index in [1.165, 1.54) is 11.3 Å². The van der Waals surface area contributed by atoms with Gasteiger partial charge in [0.1, 0.15) is 11.6 Å². The van der Waals surface area contributed by atoms with Crippen LogP contribution in [0, 0.1) is 0 Å². The second kappa shape index (κ2) is 6.92. The van der Waals surface area contributed by atoms with Gasteiger partial charge in [0, 0.05) is 4.88 Å². The van der Waals surface area contributed by atoms with E-state index in [-0.39, 0.29) is 6.61 Å². The highest BCUT2D eigenvalue weighted by molar-refractivity contribution is 7.17. The third kappa shape index (κ3) is 3.33. The van der Waals surface area contributed by atoms with Crippen LogP contribution in [0.2, 0.25) is 0 Å². The Bertz CT molecular complexity index is 939. The van der Waals surface area contributed by atoms with Crippen LogP contribution in [0.1, 0.15) is 27.2 Å². The van der Waals surface area contributed by atoms with Crippen molar-refractivity contribution < 1.29 is 23.9 Å². The molecule has 1 atom stereocenters. The van der Waals surface area contributed by atoms with Crippen molar-refractivity contribution in [1.82, 2.24) is 5.32 Å². The molecule has 2 aliphatic rings. The number of carbonyl (C=O) groups is 3. The molecule has 140 valence electrons. The highest BCUT2D eigenvalue weighted by Gasteiger charge is 2.32. The van der Waals surface area contributed by atoms with E-state index in [1.807, 2.05) is 6.07 Å². The maximum atomic E-state index is 12.7. The van der Waals surface area contributed by atoms with Gasteiger partial charge in [-0.15, -0.1) is 11.3 Å². The van der Waals surface area contributed by atoms with Gasteiger partial charge in [0.15, 0.2) is 11.5 Å². The maximum Gasteiger partial charge on any atom is 0.319 e. The Morgan fingerprint density at radius 2 is 1.93 bits per heavy atom. The van der Waals surface area contributed by atoms with Crippen LogP contribution in [0.4, 0.5) is 9.80 Å². The number of hydrogen-bond donors (Lipinski definition) is 3. The molecule has 1 aliphatic carbocycles. The zero-order valence-corrected chi connectivity index (χ0v) is 15.1. The number of rotatable bonds is 3. The maximum absolute atomic E-state index is 12.7. The summed E-state index contributed by atoms with van der Waals surface area (Å²) in [6, 6.07) is 6.16. The SMILES string of the molecule is NC(=O)NC(=O)c1c(NC(=O)C2COc3ccccc3O2)sc2c1CCC2. The van der Waals surface area contributed by atoms with E-state index >= 15 is 0 Å². The minimum absolute atomic E-state index is 0.0662. The van der Waals surface area contributed by atoms with Crippen LogP contribution in [0.25, 0.3) is 0 Å². The lowest BCUT2D eigenvalue weighted by molar-refractivity contribution is -0.125. The number of primary amides is 1. The van der Waals surface area contributed by atoms with Gasteiger partial charge in [0.2, 0.25) is 6.10 Å². The summed E-state index contributed by atoms with van der Waals surface area (Å²) < 4.78 is 11.3. The van der Waals surface area contributed by atoms with Crippen molar-refractivity contribution in [2.24, 2.45) is 5.73 Å². The smallest absolute Gasteiger partial charge is 0.319 e. The number of ether oxygens (including phenoxy) is 2. The van der Waals surface area contributed by atoms with E-state index in [9.17, 15) is 14.4 Å². The second-order valence-electron chi connectivity index (χ2n) is 6.23. The molecule has 1 aliphatic heterocycles. The minimum Gasteiger partial charge on any atom is -0.485 e. The van der Waals surface area contributed by atoms with Gasteiger partial charge in [-0.2, -0.15) is 0 Å². The molecule has 27 heavy (non-hydrogen) atoms. The van der Waals surface area contributed by atoms with Crippen LogP contribution in [-0.4, -0.2) is 30.6 Å². The Labute approximate surface area is 158 Å². The fourth-order valence-corrected chi connectivity index (χ4v) is 4.54. The zero-order chi connectivity index (χ0) is 19.0. The van der Waals surface area contributed by atoms with Gasteiger partial charge in [0.05, 0.1) is 5.56 Å². The molecule has 1 aromatic carbocycles. The minimum atomic E-state index is -0.934. The molecular weight excluding hydrogens is 370 g/mol. The van der Waals surface area contributed by atoms with Gasteiger partial charge in [-0.3, -0.25) is 14.9 Å². The number of benzene rings is 1. The van der Waals surface area contributed by atoms with Crippen molar-refractivity contribution in [2.75, 3.05) is 11.9 Å². The van der Waals surface area contributed by atoms with Crippen molar-refractivity contribution in [3.8, 4) is 11.5 Å². The highest BCUT2D eigenvalue weighted by atomic mass is 32.1. The Kier molecular flexibility index (Phi) is 4.44. The number of hydrogen-bond acceptors (Lipinski definition) is 6. The Morgan fingerprint density at radius 3 is 2.70 bits per heavy atom. The third-order valence-corrected chi connectivity index (χ3v) is 5.63. The lowest BCUT2D eigenvalue weighted by Crippen LogP contribution is -2.40. The predicted octanol–water partition coefficient (Wildman–Crippen LogP) is 1.82. The predicted molar refractivity (Wildman–Crippen MR) is 98.4 cm³/mol. The van der Waals surface area contributed by atoms with Crippen molar-refractivity contribution in [3.63, 3.8) is 0 Å². The molecule has 1 unspecified atom stereocenters. The molecule has 1 aromatic heterocycles. The van der Waals surface area contributed by atoms with E-state index in [2.05, 4.69) is 10.6 Å². The number of anilines is 1. The van der Waals surface area contributed by atoms with Crippen LogP contribution < -0.4 is 25.8 Å². The lowest BCUT2D eigenvalue weighted by atomic mass is 10.1. The van der Waals surface area contributed by atoms with Gasteiger partial charge >= 0.3 is 6.03 Å². The Balaban J connectivity index is 1.55. The standard InChI is InChI=1S/C18H17N3O5S/c19-18(24)21-16(23)14-9-4-3-7-13(9)27-17(14)20-15(22)12-8-25-10-5-1-2-6-11(10)26-12/h1-2,5-6,12H,3-4,7-8H2,(H,20,22)(H3,19,21,23,24). The first-order chi connectivity index (χ1) is 13.0. The molecule has 2 aromatic rings.